The number of carbonyl (C=O) groups is 3. The first kappa shape index (κ1) is 44.8. The highest BCUT2D eigenvalue weighted by atomic mass is 16.5. The summed E-state index contributed by atoms with van der Waals surface area (Å²) in [6.07, 6.45) is 3.98. The highest BCUT2D eigenvalue weighted by molar-refractivity contribution is 5.98. The quantitative estimate of drug-likeness (QED) is 0.0649. The Hall–Kier alpha value is -8.97. The van der Waals surface area contributed by atoms with E-state index < -0.39 is 23.9 Å². The molecular weight excluding hydrogens is 879 g/mol. The lowest BCUT2D eigenvalue weighted by Crippen LogP contribution is -2.48. The summed E-state index contributed by atoms with van der Waals surface area (Å²) >= 11 is 0. The summed E-state index contributed by atoms with van der Waals surface area (Å²) in [4.78, 5) is 50.3. The topological polar surface area (TPSA) is 175 Å². The van der Waals surface area contributed by atoms with Gasteiger partial charge in [0, 0.05) is 41.9 Å². The van der Waals surface area contributed by atoms with E-state index in [1.165, 1.54) is 0 Å². The van der Waals surface area contributed by atoms with E-state index in [4.69, 9.17) is 29.6 Å². The third-order valence-electron chi connectivity index (χ3n) is 12.3. The number of nitrogens with two attached hydrogens (primary N) is 1. The lowest BCUT2D eigenvalue weighted by Gasteiger charge is -2.19. The van der Waals surface area contributed by atoms with Gasteiger partial charge in [0.15, 0.2) is 5.65 Å². The highest BCUT2D eigenvalue weighted by Crippen LogP contribution is 2.44. The van der Waals surface area contributed by atoms with Crippen LogP contribution in [0.5, 0.6) is 5.88 Å². The van der Waals surface area contributed by atoms with E-state index >= 15 is 0 Å². The number of hydrogen-bond acceptors (Lipinski definition) is 9. The zero-order chi connectivity index (χ0) is 47.8. The highest BCUT2D eigenvalue weighted by Gasteiger charge is 2.29. The molecule has 1 aliphatic rings. The van der Waals surface area contributed by atoms with Crippen LogP contribution in [0.3, 0.4) is 0 Å². The molecule has 0 spiro atoms. The van der Waals surface area contributed by atoms with E-state index in [0.29, 0.717) is 47.1 Å². The fourth-order valence-electron chi connectivity index (χ4n) is 8.90. The molecule has 3 aromatic heterocycles. The third-order valence-corrected chi connectivity index (χ3v) is 12.3. The molecule has 348 valence electrons. The molecule has 0 saturated carbocycles. The minimum Gasteiger partial charge on any atom is -0.472 e. The Morgan fingerprint density at radius 1 is 0.700 bits per heavy atom. The molecule has 0 fully saturated rings. The molecule has 6 aromatic carbocycles. The van der Waals surface area contributed by atoms with Crippen LogP contribution in [0.1, 0.15) is 50.9 Å². The van der Waals surface area contributed by atoms with Gasteiger partial charge in [-0.05, 0) is 75.3 Å². The Balaban J connectivity index is 0.817. The van der Waals surface area contributed by atoms with Gasteiger partial charge in [-0.15, -0.1) is 0 Å². The normalized spacial score (nSPS) is 12.2. The predicted octanol–water partition coefficient (Wildman–Crippen LogP) is 9.54. The Labute approximate surface area is 404 Å². The van der Waals surface area contributed by atoms with E-state index in [-0.39, 0.29) is 32.1 Å². The number of benzene rings is 6. The minimum atomic E-state index is -0.955. The second-order valence-corrected chi connectivity index (χ2v) is 17.1. The van der Waals surface area contributed by atoms with Gasteiger partial charge >= 0.3 is 6.09 Å². The van der Waals surface area contributed by atoms with Gasteiger partial charge in [0.25, 0.3) is 0 Å². The molecule has 5 N–H and O–H groups in total. The minimum absolute atomic E-state index is 0.110. The molecule has 13 heteroatoms. The summed E-state index contributed by atoms with van der Waals surface area (Å²) < 4.78 is 20.0. The van der Waals surface area contributed by atoms with Crippen LogP contribution in [-0.2, 0) is 40.2 Å². The van der Waals surface area contributed by atoms with E-state index in [1.807, 2.05) is 144 Å². The van der Waals surface area contributed by atoms with E-state index in [0.717, 1.165) is 56.0 Å². The first-order valence-electron chi connectivity index (χ1n) is 23.1. The Kier molecular flexibility index (Phi) is 13.1. The number of rotatable bonds is 17. The molecule has 13 nitrogen and oxygen atoms in total. The predicted molar refractivity (Wildman–Crippen MR) is 268 cm³/mol. The molecule has 9 aromatic rings. The van der Waals surface area contributed by atoms with Gasteiger partial charge in [0.2, 0.25) is 17.7 Å². The lowest BCUT2D eigenvalue weighted by atomic mass is 9.98. The molecule has 1 unspecified atom stereocenters. The van der Waals surface area contributed by atoms with Crippen molar-refractivity contribution in [3.05, 3.63) is 227 Å². The van der Waals surface area contributed by atoms with Crippen molar-refractivity contribution in [3.8, 4) is 28.3 Å². The van der Waals surface area contributed by atoms with Crippen LogP contribution in [0.2, 0.25) is 0 Å². The number of furan rings is 1. The molecule has 3 heterocycles. The fourth-order valence-corrected chi connectivity index (χ4v) is 8.90. The number of nitrogen functional groups attached to an aromatic ring is 1. The molecule has 3 amide bonds. The maximum absolute atomic E-state index is 13.9. The van der Waals surface area contributed by atoms with Crippen LogP contribution in [0.15, 0.2) is 187 Å². The average molecular weight is 928 g/mol. The van der Waals surface area contributed by atoms with Crippen molar-refractivity contribution >= 4 is 34.9 Å². The van der Waals surface area contributed by atoms with E-state index in [2.05, 4.69) is 40.2 Å². The smallest absolute Gasteiger partial charge is 0.407 e. The molecule has 10 rings (SSSR count). The van der Waals surface area contributed by atoms with Crippen molar-refractivity contribution < 1.29 is 28.3 Å². The van der Waals surface area contributed by atoms with Gasteiger partial charge in [0.05, 0.1) is 24.1 Å². The second kappa shape index (κ2) is 20.5. The van der Waals surface area contributed by atoms with Gasteiger partial charge in [-0.1, -0.05) is 133 Å². The van der Waals surface area contributed by atoms with Crippen molar-refractivity contribution in [3.63, 3.8) is 0 Å². The number of nitrogens with one attached hydrogen (secondary N) is 3. The molecule has 0 saturated heterocycles. The van der Waals surface area contributed by atoms with Crippen LogP contribution in [-0.4, -0.2) is 51.5 Å². The molecule has 0 bridgehead atoms. The fraction of sp³-hybridized carbons (Fsp3) is 0.140. The monoisotopic (exact) mass is 927 g/mol. The van der Waals surface area contributed by atoms with Gasteiger partial charge < -0.3 is 35.6 Å². The van der Waals surface area contributed by atoms with Crippen LogP contribution >= 0.6 is 0 Å². The Bertz CT molecular complexity index is 3240. The lowest BCUT2D eigenvalue weighted by molar-refractivity contribution is -0.125. The molecule has 0 aliphatic heterocycles. The first-order valence-corrected chi connectivity index (χ1v) is 23.1. The standard InChI is InChI=1S/C57H49N7O6/c58-41-18-11-17-40(31-41)52-34-64-54(49(61-52)29-37-13-3-1-4-14-37)63-51(32-43-19-12-28-68-43)56(64)69-35-39-24-26-42(27-25-39)60-55(66)50(30-38-15-5-2-6-16-38)62-53(65)33-59-57(67)70-36-48-46-22-9-7-20-44(46)45-21-8-10-23-47(45)48/h1-28,31,34,48,50H,29-30,32-33,35-36,58H2,(H,59,67)(H,60,66)(H,62,65). The van der Waals surface area contributed by atoms with Crippen molar-refractivity contribution in [2.75, 3.05) is 24.2 Å². The molecular formula is C57H49N7O6. The second-order valence-electron chi connectivity index (χ2n) is 17.1. The van der Waals surface area contributed by atoms with Crippen molar-refractivity contribution in [1.29, 1.82) is 0 Å². The van der Waals surface area contributed by atoms with Gasteiger partial charge in [0.1, 0.15) is 37.3 Å². The number of carbonyl (C=O) groups excluding carboxylic acids is 3. The summed E-state index contributed by atoms with van der Waals surface area (Å²) in [6, 6.07) is 53.4. The first-order chi connectivity index (χ1) is 34.3. The Morgan fingerprint density at radius 2 is 1.40 bits per heavy atom. The van der Waals surface area contributed by atoms with Crippen molar-refractivity contribution in [2.45, 2.75) is 37.8 Å². The van der Waals surface area contributed by atoms with Crippen LogP contribution in [0.4, 0.5) is 16.2 Å². The van der Waals surface area contributed by atoms with Gasteiger partial charge in [-0.2, -0.15) is 0 Å². The molecule has 1 atom stereocenters. The maximum atomic E-state index is 13.9. The number of hydrogen-bond donors (Lipinski definition) is 4. The summed E-state index contributed by atoms with van der Waals surface area (Å²) in [5, 5.41) is 8.33. The number of fused-ring (bicyclic) bond motifs is 4. The molecule has 1 aliphatic carbocycles. The summed E-state index contributed by atoms with van der Waals surface area (Å²) in [5.74, 6) is 0.181. The van der Waals surface area contributed by atoms with Crippen molar-refractivity contribution in [2.24, 2.45) is 0 Å². The van der Waals surface area contributed by atoms with Crippen LogP contribution in [0.25, 0.3) is 28.0 Å². The number of alkyl carbamates (subject to hydrolysis) is 1. The Morgan fingerprint density at radius 3 is 2.10 bits per heavy atom. The molecule has 70 heavy (non-hydrogen) atoms. The van der Waals surface area contributed by atoms with Gasteiger partial charge in [-0.3, -0.25) is 14.0 Å². The number of anilines is 2. The third kappa shape index (κ3) is 10.3. The van der Waals surface area contributed by atoms with Crippen LogP contribution < -0.4 is 26.4 Å². The largest absolute Gasteiger partial charge is 0.472 e. The number of ether oxygens (including phenoxy) is 2. The maximum Gasteiger partial charge on any atom is 0.407 e. The molecule has 0 radical (unpaired) electrons. The van der Waals surface area contributed by atoms with E-state index in [9.17, 15) is 14.4 Å². The van der Waals surface area contributed by atoms with Crippen molar-refractivity contribution in [1.82, 2.24) is 25.0 Å². The van der Waals surface area contributed by atoms with Gasteiger partial charge in [-0.25, -0.2) is 14.8 Å². The average Bonchev–Trinajstić information content (AvgIpc) is 4.12. The summed E-state index contributed by atoms with van der Waals surface area (Å²) in [7, 11) is 0. The number of nitrogens with zero attached hydrogens (tertiary/aromatic N) is 3. The number of aromatic nitrogens is 3. The summed E-state index contributed by atoms with van der Waals surface area (Å²) in [5.41, 5.74) is 18.2. The van der Waals surface area contributed by atoms with Crippen LogP contribution in [0, 0.1) is 0 Å². The summed E-state index contributed by atoms with van der Waals surface area (Å²) in [6.45, 7) is -0.0916. The zero-order valence-corrected chi connectivity index (χ0v) is 38.1. The van der Waals surface area contributed by atoms with E-state index in [1.54, 1.807) is 18.4 Å². The number of amides is 3. The SMILES string of the molecule is Nc1cccc(-c2cn3c(OCc4ccc(NC(=O)C(Cc5ccccc5)NC(=O)CNC(=O)OCC5c6ccccc6-c6ccccc65)cc4)c(Cc4ccco4)nc3c(Cc3ccccc3)n2)c1. The zero-order valence-electron chi connectivity index (χ0n) is 38.1. The number of imidazole rings is 1.